The lowest BCUT2D eigenvalue weighted by Gasteiger charge is -2.27. The van der Waals surface area contributed by atoms with Gasteiger partial charge in [-0.25, -0.2) is 0 Å². The second-order valence-electron chi connectivity index (χ2n) is 6.43. The number of benzene rings is 1. The summed E-state index contributed by atoms with van der Waals surface area (Å²) in [6, 6.07) is 7.56. The van der Waals surface area contributed by atoms with Gasteiger partial charge >= 0.3 is 0 Å². The first-order valence-corrected chi connectivity index (χ1v) is 8.55. The lowest BCUT2D eigenvalue weighted by molar-refractivity contribution is -0.132. The number of nitrogens with two attached hydrogens (primary N) is 1. The van der Waals surface area contributed by atoms with Crippen molar-refractivity contribution < 1.29 is 9.59 Å². The molecule has 2 fully saturated rings. The molecule has 24 heavy (non-hydrogen) atoms. The third kappa shape index (κ3) is 4.21. The quantitative estimate of drug-likeness (QED) is 0.801. The van der Waals surface area contributed by atoms with Gasteiger partial charge in [0.15, 0.2) is 0 Å². The van der Waals surface area contributed by atoms with Crippen LogP contribution >= 0.6 is 24.0 Å². The SMILES string of the molecule is Cl.NC1CCC(NC(=O)C2CCN(c3cccc(Cl)c3)C2=O)CC1. The summed E-state index contributed by atoms with van der Waals surface area (Å²) in [4.78, 5) is 26.6. The molecule has 0 aromatic heterocycles. The van der Waals surface area contributed by atoms with Crippen LogP contribution in [0.4, 0.5) is 5.69 Å². The summed E-state index contributed by atoms with van der Waals surface area (Å²) in [5, 5.41) is 3.61. The van der Waals surface area contributed by atoms with E-state index in [0.29, 0.717) is 18.0 Å². The van der Waals surface area contributed by atoms with Crippen LogP contribution in [0.5, 0.6) is 0 Å². The van der Waals surface area contributed by atoms with E-state index in [1.165, 1.54) is 0 Å². The second-order valence-corrected chi connectivity index (χ2v) is 6.87. The van der Waals surface area contributed by atoms with Crippen molar-refractivity contribution in [2.24, 2.45) is 11.7 Å². The summed E-state index contributed by atoms with van der Waals surface area (Å²) < 4.78 is 0. The van der Waals surface area contributed by atoms with E-state index in [0.717, 1.165) is 31.4 Å². The van der Waals surface area contributed by atoms with Gasteiger partial charge in [-0.05, 0) is 50.3 Å². The fourth-order valence-electron chi connectivity index (χ4n) is 3.39. The van der Waals surface area contributed by atoms with Crippen LogP contribution in [-0.2, 0) is 9.59 Å². The van der Waals surface area contributed by atoms with Gasteiger partial charge in [0.2, 0.25) is 11.8 Å². The number of nitrogens with one attached hydrogen (secondary N) is 1. The minimum Gasteiger partial charge on any atom is -0.353 e. The van der Waals surface area contributed by atoms with Crippen molar-refractivity contribution in [3.05, 3.63) is 29.3 Å². The summed E-state index contributed by atoms with van der Waals surface area (Å²) in [6.45, 7) is 0.548. The summed E-state index contributed by atoms with van der Waals surface area (Å²) in [5.41, 5.74) is 6.63. The molecule has 1 saturated carbocycles. The number of nitrogens with zero attached hydrogens (tertiary/aromatic N) is 1. The fraction of sp³-hybridized carbons (Fsp3) is 0.529. The monoisotopic (exact) mass is 371 g/mol. The van der Waals surface area contributed by atoms with Gasteiger partial charge < -0.3 is 16.0 Å². The van der Waals surface area contributed by atoms with Crippen molar-refractivity contribution in [3.8, 4) is 0 Å². The molecule has 7 heteroatoms. The van der Waals surface area contributed by atoms with Gasteiger partial charge in [0.25, 0.3) is 0 Å². The number of hydrogen-bond donors (Lipinski definition) is 2. The Bertz CT molecular complexity index is 603. The molecule has 0 spiro atoms. The van der Waals surface area contributed by atoms with Crippen LogP contribution in [0.1, 0.15) is 32.1 Å². The molecule has 3 N–H and O–H groups in total. The Morgan fingerprint density at radius 2 is 1.92 bits per heavy atom. The molecule has 3 rings (SSSR count). The normalized spacial score (nSPS) is 26.8. The molecule has 0 radical (unpaired) electrons. The molecule has 1 atom stereocenters. The van der Waals surface area contributed by atoms with Gasteiger partial charge in [0.05, 0.1) is 0 Å². The molecular formula is C17H23Cl2N3O2. The maximum Gasteiger partial charge on any atom is 0.239 e. The highest BCUT2D eigenvalue weighted by Crippen LogP contribution is 2.28. The summed E-state index contributed by atoms with van der Waals surface area (Å²) in [7, 11) is 0. The Morgan fingerprint density at radius 1 is 1.21 bits per heavy atom. The lowest BCUT2D eigenvalue weighted by Crippen LogP contribution is -2.44. The minimum atomic E-state index is -0.593. The van der Waals surface area contributed by atoms with Gasteiger partial charge in [-0.3, -0.25) is 9.59 Å². The minimum absolute atomic E-state index is 0. The summed E-state index contributed by atoms with van der Waals surface area (Å²) >= 11 is 5.98. The molecule has 5 nitrogen and oxygen atoms in total. The van der Waals surface area contributed by atoms with Crippen LogP contribution in [0.25, 0.3) is 0 Å². The molecule has 1 saturated heterocycles. The highest BCUT2D eigenvalue weighted by atomic mass is 35.5. The van der Waals surface area contributed by atoms with E-state index in [-0.39, 0.29) is 36.3 Å². The van der Waals surface area contributed by atoms with E-state index >= 15 is 0 Å². The molecule has 1 aliphatic heterocycles. The maximum absolute atomic E-state index is 12.6. The molecule has 1 aromatic carbocycles. The van der Waals surface area contributed by atoms with E-state index < -0.39 is 5.92 Å². The summed E-state index contributed by atoms with van der Waals surface area (Å²) in [6.07, 6.45) is 4.19. The van der Waals surface area contributed by atoms with Crippen LogP contribution in [-0.4, -0.2) is 30.4 Å². The highest BCUT2D eigenvalue weighted by Gasteiger charge is 2.38. The molecule has 2 amide bonds. The van der Waals surface area contributed by atoms with Crippen LogP contribution in [0, 0.1) is 5.92 Å². The molecule has 0 bridgehead atoms. The smallest absolute Gasteiger partial charge is 0.239 e. The Hall–Kier alpha value is -1.30. The second kappa shape index (κ2) is 8.19. The van der Waals surface area contributed by atoms with Gasteiger partial charge in [0.1, 0.15) is 5.92 Å². The molecule has 1 aromatic rings. The topological polar surface area (TPSA) is 75.4 Å². The number of amides is 2. The molecule has 2 aliphatic rings. The standard InChI is InChI=1S/C17H22ClN3O2.ClH/c18-11-2-1-3-14(10-11)21-9-8-15(17(21)23)16(22)20-13-6-4-12(19)5-7-13;/h1-3,10,12-13,15H,4-9,19H2,(H,20,22);1H. The third-order valence-corrected chi connectivity index (χ3v) is 5.00. The maximum atomic E-state index is 12.6. The van der Waals surface area contributed by atoms with Gasteiger partial charge in [-0.1, -0.05) is 17.7 Å². The van der Waals surface area contributed by atoms with Crippen molar-refractivity contribution in [3.63, 3.8) is 0 Å². The number of carbonyl (C=O) groups excluding carboxylic acids is 2. The fourth-order valence-corrected chi connectivity index (χ4v) is 3.57. The van der Waals surface area contributed by atoms with Crippen molar-refractivity contribution in [1.29, 1.82) is 0 Å². The first-order chi connectivity index (χ1) is 11.0. The van der Waals surface area contributed by atoms with Crippen LogP contribution < -0.4 is 16.0 Å². The highest BCUT2D eigenvalue weighted by molar-refractivity contribution is 6.31. The predicted molar refractivity (Wildman–Crippen MR) is 97.5 cm³/mol. The summed E-state index contributed by atoms with van der Waals surface area (Å²) in [5.74, 6) is -0.887. The lowest BCUT2D eigenvalue weighted by atomic mass is 9.91. The van der Waals surface area contributed by atoms with E-state index in [4.69, 9.17) is 17.3 Å². The Balaban J connectivity index is 0.00000208. The zero-order valence-electron chi connectivity index (χ0n) is 13.4. The van der Waals surface area contributed by atoms with Crippen LogP contribution in [0.3, 0.4) is 0 Å². The zero-order valence-corrected chi connectivity index (χ0v) is 15.0. The van der Waals surface area contributed by atoms with Crippen molar-refractivity contribution in [2.75, 3.05) is 11.4 Å². The number of halogens is 2. The molecular weight excluding hydrogens is 349 g/mol. The largest absolute Gasteiger partial charge is 0.353 e. The number of anilines is 1. The van der Waals surface area contributed by atoms with Gasteiger partial charge in [-0.2, -0.15) is 0 Å². The van der Waals surface area contributed by atoms with E-state index in [1.54, 1.807) is 17.0 Å². The average molecular weight is 372 g/mol. The molecule has 1 unspecified atom stereocenters. The van der Waals surface area contributed by atoms with E-state index in [1.807, 2.05) is 12.1 Å². The molecule has 1 heterocycles. The van der Waals surface area contributed by atoms with E-state index in [2.05, 4.69) is 5.32 Å². The Morgan fingerprint density at radius 3 is 2.58 bits per heavy atom. The van der Waals surface area contributed by atoms with E-state index in [9.17, 15) is 9.59 Å². The average Bonchev–Trinajstić information content (AvgIpc) is 2.91. The van der Waals surface area contributed by atoms with Crippen molar-refractivity contribution >= 4 is 41.5 Å². The zero-order chi connectivity index (χ0) is 16.4. The number of rotatable bonds is 3. The molecule has 1 aliphatic carbocycles. The Kier molecular flexibility index (Phi) is 6.49. The first-order valence-electron chi connectivity index (χ1n) is 8.17. The predicted octanol–water partition coefficient (Wildman–Crippen LogP) is 2.50. The van der Waals surface area contributed by atoms with Crippen LogP contribution in [0.15, 0.2) is 24.3 Å². The Labute approximate surface area is 153 Å². The first kappa shape index (κ1) is 19.0. The molecule has 132 valence electrons. The number of carbonyl (C=O) groups is 2. The third-order valence-electron chi connectivity index (χ3n) is 4.76. The van der Waals surface area contributed by atoms with Gasteiger partial charge in [-0.15, -0.1) is 12.4 Å². The van der Waals surface area contributed by atoms with Gasteiger partial charge in [0, 0.05) is 29.3 Å². The van der Waals surface area contributed by atoms with Crippen molar-refractivity contribution in [1.82, 2.24) is 5.32 Å². The van der Waals surface area contributed by atoms with Crippen molar-refractivity contribution in [2.45, 2.75) is 44.2 Å². The number of hydrogen-bond acceptors (Lipinski definition) is 3. The van der Waals surface area contributed by atoms with Crippen LogP contribution in [0.2, 0.25) is 5.02 Å².